The third-order valence-electron chi connectivity index (χ3n) is 7.20. The zero-order valence-corrected chi connectivity index (χ0v) is 20.9. The lowest BCUT2D eigenvalue weighted by molar-refractivity contribution is -0.141. The number of nitrogens with one attached hydrogen (secondary N) is 2. The molecule has 2 aliphatic rings. The summed E-state index contributed by atoms with van der Waals surface area (Å²) in [6.07, 6.45) is 3.85. The minimum Gasteiger partial charge on any atom is -0.495 e. The molecule has 0 aromatic heterocycles. The maximum absolute atomic E-state index is 12.9. The summed E-state index contributed by atoms with van der Waals surface area (Å²) in [4.78, 5) is 27.4. The number of carbonyl (C=O) groups excluding carboxylic acids is 2. The van der Waals surface area contributed by atoms with Crippen LogP contribution in [0, 0.1) is 5.92 Å². The Labute approximate surface area is 213 Å². The molecule has 3 amide bonds. The number of anilines is 1. The fourth-order valence-corrected chi connectivity index (χ4v) is 5.18. The molecule has 0 unspecified atom stereocenters. The van der Waals surface area contributed by atoms with E-state index in [4.69, 9.17) is 9.47 Å². The van der Waals surface area contributed by atoms with E-state index in [1.807, 2.05) is 23.1 Å². The van der Waals surface area contributed by atoms with Crippen LogP contribution in [0.3, 0.4) is 0 Å². The molecule has 2 saturated heterocycles. The van der Waals surface area contributed by atoms with Gasteiger partial charge in [0.1, 0.15) is 11.9 Å². The lowest BCUT2D eigenvalue weighted by Crippen LogP contribution is -2.52. The number of benzene rings is 2. The maximum atomic E-state index is 12.9. The van der Waals surface area contributed by atoms with E-state index in [9.17, 15) is 14.7 Å². The average Bonchev–Trinajstić information content (AvgIpc) is 2.90. The summed E-state index contributed by atoms with van der Waals surface area (Å²) in [6.45, 7) is 1.33. The number of para-hydroxylation sites is 2. The van der Waals surface area contributed by atoms with Gasteiger partial charge in [-0.3, -0.25) is 4.79 Å². The fraction of sp³-hybridized carbons (Fsp3) is 0.500. The number of urea groups is 1. The fourth-order valence-electron chi connectivity index (χ4n) is 5.18. The molecule has 0 radical (unpaired) electrons. The van der Waals surface area contributed by atoms with Gasteiger partial charge in [-0.15, -0.1) is 0 Å². The molecule has 2 aliphatic heterocycles. The topological polar surface area (TPSA) is 100 Å². The third-order valence-corrected chi connectivity index (χ3v) is 7.20. The van der Waals surface area contributed by atoms with Crippen LogP contribution in [-0.4, -0.2) is 67.0 Å². The van der Waals surface area contributed by atoms with Gasteiger partial charge < -0.3 is 30.1 Å². The zero-order chi connectivity index (χ0) is 25.3. The first kappa shape index (κ1) is 26.0. The molecular weight excluding hydrogens is 458 g/mol. The van der Waals surface area contributed by atoms with Crippen LogP contribution in [0.2, 0.25) is 0 Å². The molecular formula is C28H37N3O5. The number of aliphatic hydroxyl groups excluding tert-OH is 1. The first-order chi connectivity index (χ1) is 17.6. The average molecular weight is 496 g/mol. The lowest BCUT2D eigenvalue weighted by Gasteiger charge is -2.37. The number of rotatable bonds is 8. The van der Waals surface area contributed by atoms with E-state index in [1.165, 1.54) is 5.56 Å². The molecule has 0 aliphatic carbocycles. The van der Waals surface area contributed by atoms with Gasteiger partial charge in [-0.25, -0.2) is 4.79 Å². The van der Waals surface area contributed by atoms with Gasteiger partial charge in [0.2, 0.25) is 5.91 Å². The largest absolute Gasteiger partial charge is 0.495 e. The summed E-state index contributed by atoms with van der Waals surface area (Å²) in [6, 6.07) is 16.9. The molecule has 2 fully saturated rings. The van der Waals surface area contributed by atoms with Crippen molar-refractivity contribution in [2.75, 3.05) is 32.1 Å². The van der Waals surface area contributed by atoms with Gasteiger partial charge in [0.05, 0.1) is 38.0 Å². The quantitative estimate of drug-likeness (QED) is 0.520. The number of nitrogens with zero attached hydrogens (tertiary/aromatic N) is 1. The molecule has 194 valence electrons. The third kappa shape index (κ3) is 6.98. The van der Waals surface area contributed by atoms with Crippen molar-refractivity contribution in [3.8, 4) is 5.75 Å². The molecule has 2 aromatic carbocycles. The Bertz CT molecular complexity index is 994. The second-order valence-electron chi connectivity index (χ2n) is 9.68. The molecule has 36 heavy (non-hydrogen) atoms. The number of methoxy groups -OCH3 is 1. The summed E-state index contributed by atoms with van der Waals surface area (Å²) < 4.78 is 11.3. The van der Waals surface area contributed by atoms with Crippen LogP contribution in [-0.2, 0) is 16.0 Å². The summed E-state index contributed by atoms with van der Waals surface area (Å²) in [5, 5.41) is 15.6. The van der Waals surface area contributed by atoms with Crippen molar-refractivity contribution in [2.45, 2.75) is 56.8 Å². The number of aliphatic hydroxyl groups is 1. The van der Waals surface area contributed by atoms with Crippen LogP contribution >= 0.6 is 0 Å². The van der Waals surface area contributed by atoms with Gasteiger partial charge >= 0.3 is 6.03 Å². The van der Waals surface area contributed by atoms with Crippen molar-refractivity contribution in [3.63, 3.8) is 0 Å². The Morgan fingerprint density at radius 3 is 2.47 bits per heavy atom. The predicted octanol–water partition coefficient (Wildman–Crippen LogP) is 3.60. The first-order valence-corrected chi connectivity index (χ1v) is 12.8. The standard InChI is InChI=1S/C28H37N3O5/c1-35-25-10-6-5-9-23(25)29-28(34)30-24-12-11-22(36-26(24)19-32)18-27(33)31-15-13-21(14-16-31)17-20-7-3-2-4-8-20/h2-10,21-22,24,26,32H,11-19H2,1H3,(H2,29,30,34)/t22-,24-,26-/m1/s1. The number of piperidine rings is 1. The predicted molar refractivity (Wildman–Crippen MR) is 138 cm³/mol. The number of hydrogen-bond acceptors (Lipinski definition) is 5. The second-order valence-corrected chi connectivity index (χ2v) is 9.68. The van der Waals surface area contributed by atoms with E-state index in [2.05, 4.69) is 34.9 Å². The lowest BCUT2D eigenvalue weighted by atomic mass is 9.90. The van der Waals surface area contributed by atoms with Crippen LogP contribution in [0.5, 0.6) is 5.75 Å². The van der Waals surface area contributed by atoms with E-state index in [0.29, 0.717) is 36.6 Å². The molecule has 4 rings (SSSR count). The first-order valence-electron chi connectivity index (χ1n) is 12.8. The van der Waals surface area contributed by atoms with Crippen molar-refractivity contribution < 1.29 is 24.2 Å². The van der Waals surface area contributed by atoms with Crippen LogP contribution in [0.4, 0.5) is 10.5 Å². The van der Waals surface area contributed by atoms with Gasteiger partial charge in [-0.05, 0) is 55.7 Å². The number of ether oxygens (including phenoxy) is 2. The van der Waals surface area contributed by atoms with E-state index in [-0.39, 0.29) is 30.7 Å². The molecule has 2 heterocycles. The van der Waals surface area contributed by atoms with Crippen molar-refractivity contribution in [1.82, 2.24) is 10.2 Å². The van der Waals surface area contributed by atoms with Crippen molar-refractivity contribution in [2.24, 2.45) is 5.92 Å². The summed E-state index contributed by atoms with van der Waals surface area (Å²) in [5.74, 6) is 1.28. The molecule has 8 nitrogen and oxygen atoms in total. The normalized spacial score (nSPS) is 22.6. The summed E-state index contributed by atoms with van der Waals surface area (Å²) in [5.41, 5.74) is 1.92. The number of carbonyl (C=O) groups is 2. The van der Waals surface area contributed by atoms with Gasteiger partial charge in [0.15, 0.2) is 0 Å². The van der Waals surface area contributed by atoms with Crippen LogP contribution in [0.1, 0.15) is 37.7 Å². The zero-order valence-electron chi connectivity index (χ0n) is 20.9. The smallest absolute Gasteiger partial charge is 0.319 e. The van der Waals surface area contributed by atoms with Gasteiger partial charge in [-0.1, -0.05) is 42.5 Å². The number of likely N-dealkylation sites (tertiary alicyclic amines) is 1. The van der Waals surface area contributed by atoms with Crippen molar-refractivity contribution >= 4 is 17.6 Å². The SMILES string of the molecule is COc1ccccc1NC(=O)N[C@@H]1CC[C@H](CC(=O)N2CCC(Cc3ccccc3)CC2)O[C@@H]1CO. The highest BCUT2D eigenvalue weighted by molar-refractivity contribution is 5.91. The molecule has 3 atom stereocenters. The van der Waals surface area contributed by atoms with E-state index in [1.54, 1.807) is 19.2 Å². The Kier molecular flexibility index (Phi) is 9.19. The summed E-state index contributed by atoms with van der Waals surface area (Å²) in [7, 11) is 1.55. The molecule has 0 saturated carbocycles. The number of amides is 3. The Morgan fingerprint density at radius 2 is 1.75 bits per heavy atom. The van der Waals surface area contributed by atoms with Crippen LogP contribution in [0.25, 0.3) is 0 Å². The highest BCUT2D eigenvalue weighted by atomic mass is 16.5. The Balaban J connectivity index is 1.21. The van der Waals surface area contributed by atoms with Crippen molar-refractivity contribution in [3.05, 3.63) is 60.2 Å². The molecule has 0 bridgehead atoms. The second kappa shape index (κ2) is 12.7. The van der Waals surface area contributed by atoms with E-state index < -0.39 is 6.10 Å². The number of hydrogen-bond donors (Lipinski definition) is 3. The van der Waals surface area contributed by atoms with Gasteiger partial charge in [0.25, 0.3) is 0 Å². The maximum Gasteiger partial charge on any atom is 0.319 e. The van der Waals surface area contributed by atoms with Crippen LogP contribution < -0.4 is 15.4 Å². The minimum absolute atomic E-state index is 0.107. The Morgan fingerprint density at radius 1 is 1.03 bits per heavy atom. The van der Waals surface area contributed by atoms with Gasteiger partial charge in [-0.2, -0.15) is 0 Å². The molecule has 3 N–H and O–H groups in total. The van der Waals surface area contributed by atoms with Crippen LogP contribution in [0.15, 0.2) is 54.6 Å². The van der Waals surface area contributed by atoms with E-state index in [0.717, 1.165) is 32.4 Å². The highest BCUT2D eigenvalue weighted by Gasteiger charge is 2.34. The summed E-state index contributed by atoms with van der Waals surface area (Å²) >= 11 is 0. The van der Waals surface area contributed by atoms with E-state index >= 15 is 0 Å². The monoisotopic (exact) mass is 495 g/mol. The van der Waals surface area contributed by atoms with Crippen molar-refractivity contribution in [1.29, 1.82) is 0 Å². The minimum atomic E-state index is -0.559. The highest BCUT2D eigenvalue weighted by Crippen LogP contribution is 2.26. The molecule has 2 aromatic rings. The molecule has 0 spiro atoms. The molecule has 8 heteroatoms. The van der Waals surface area contributed by atoms with Gasteiger partial charge in [0, 0.05) is 13.1 Å². The Hall–Kier alpha value is -3.10.